The number of hydrogen-bond donors (Lipinski definition) is 9. The number of amides is 1. The maximum atomic E-state index is 13.3. The number of nitrogens with one attached hydrogen (secondary N) is 1. The molecule has 2 heterocycles. The highest BCUT2D eigenvalue weighted by Gasteiger charge is 2.51. The number of allylic oxidation sites excluding steroid dienone is 5. The minimum Gasteiger partial charge on any atom is -0.394 e. The summed E-state index contributed by atoms with van der Waals surface area (Å²) in [7, 11) is 0. The molecular weight excluding hydrogens is 1100 g/mol. The molecule has 2 rings (SSSR count). The van der Waals surface area contributed by atoms with E-state index < -0.39 is 86.8 Å². The van der Waals surface area contributed by atoms with Crippen LogP contribution in [0.15, 0.2) is 36.5 Å². The SMILES string of the molecule is CCCCCCCCCC/C=C\CCCCCCCCCCCCCCCCCCCCCCCCCCCC(=O)NC(COC1OC(CO)C(OC2OC(CO)C(O)C(O)C2O)C(O)C1O)C(O)/C=C/CC/C=C/CCCCCCCCCCCC. The normalized spacial score (nSPS) is 23.4. The Morgan fingerprint density at radius 2 is 0.736 bits per heavy atom. The minimum atomic E-state index is -1.79. The molecule has 14 nitrogen and oxygen atoms in total. The van der Waals surface area contributed by atoms with Crippen molar-refractivity contribution in [1.82, 2.24) is 5.32 Å². The van der Waals surface area contributed by atoms with Gasteiger partial charge in [0.25, 0.3) is 0 Å². The third-order valence-corrected chi connectivity index (χ3v) is 18.0. The van der Waals surface area contributed by atoms with Crippen molar-refractivity contribution in [2.24, 2.45) is 0 Å². The summed E-state index contributed by atoms with van der Waals surface area (Å²) in [5.74, 6) is -0.243. The smallest absolute Gasteiger partial charge is 0.220 e. The van der Waals surface area contributed by atoms with Gasteiger partial charge in [-0.1, -0.05) is 301 Å². The zero-order valence-corrected chi connectivity index (χ0v) is 55.8. The van der Waals surface area contributed by atoms with Gasteiger partial charge >= 0.3 is 0 Å². The number of ether oxygens (including phenoxy) is 4. The third kappa shape index (κ3) is 42.1. The number of unbranched alkanes of at least 4 members (excludes halogenated alkanes) is 44. The Kier molecular flexibility index (Phi) is 54.3. The maximum Gasteiger partial charge on any atom is 0.220 e. The summed E-state index contributed by atoms with van der Waals surface area (Å²) in [5.41, 5.74) is 0. The molecule has 0 aromatic heterocycles. The van der Waals surface area contributed by atoms with Crippen molar-refractivity contribution in [2.45, 2.75) is 402 Å². The van der Waals surface area contributed by atoms with E-state index in [0.29, 0.717) is 12.8 Å². The Balaban J connectivity index is 1.58. The fourth-order valence-corrected chi connectivity index (χ4v) is 12.2. The van der Waals surface area contributed by atoms with Crippen molar-refractivity contribution in [3.63, 3.8) is 0 Å². The molecule has 0 spiro atoms. The third-order valence-electron chi connectivity index (χ3n) is 18.0. The van der Waals surface area contributed by atoms with E-state index in [0.717, 1.165) is 32.1 Å². The predicted molar refractivity (Wildman–Crippen MR) is 355 cm³/mol. The molecule has 0 saturated carbocycles. The monoisotopic (exact) mass is 1240 g/mol. The van der Waals surface area contributed by atoms with Gasteiger partial charge in [0.05, 0.1) is 32.0 Å². The zero-order valence-electron chi connectivity index (χ0n) is 55.8. The topological polar surface area (TPSA) is 228 Å². The second kappa shape index (κ2) is 58.1. The van der Waals surface area contributed by atoms with Crippen LogP contribution in [0.4, 0.5) is 0 Å². The lowest BCUT2D eigenvalue weighted by Crippen LogP contribution is -2.65. The molecule has 9 N–H and O–H groups in total. The fourth-order valence-electron chi connectivity index (χ4n) is 12.2. The van der Waals surface area contributed by atoms with Gasteiger partial charge in [-0.2, -0.15) is 0 Å². The van der Waals surface area contributed by atoms with Crippen molar-refractivity contribution >= 4 is 5.91 Å². The lowest BCUT2D eigenvalue weighted by atomic mass is 9.97. The molecule has 2 fully saturated rings. The summed E-state index contributed by atoms with van der Waals surface area (Å²) in [4.78, 5) is 13.3. The van der Waals surface area contributed by atoms with Crippen LogP contribution >= 0.6 is 0 Å². The van der Waals surface area contributed by atoms with Gasteiger partial charge in [-0.15, -0.1) is 0 Å². The molecule has 2 saturated heterocycles. The summed E-state index contributed by atoms with van der Waals surface area (Å²) in [6.07, 6.45) is 58.1. The Labute approximate surface area is 531 Å². The van der Waals surface area contributed by atoms with Crippen LogP contribution in [-0.4, -0.2) is 140 Å². The molecule has 512 valence electrons. The van der Waals surface area contributed by atoms with Crippen LogP contribution < -0.4 is 5.32 Å². The Morgan fingerprint density at radius 1 is 0.402 bits per heavy atom. The summed E-state index contributed by atoms with van der Waals surface area (Å²) >= 11 is 0. The Hall–Kier alpha value is -1.79. The summed E-state index contributed by atoms with van der Waals surface area (Å²) in [5, 5.41) is 87.3. The van der Waals surface area contributed by atoms with Crippen molar-refractivity contribution in [3.05, 3.63) is 36.5 Å². The van der Waals surface area contributed by atoms with Gasteiger partial charge in [-0.25, -0.2) is 0 Å². The molecule has 0 bridgehead atoms. The van der Waals surface area contributed by atoms with Crippen LogP contribution in [0, 0.1) is 0 Å². The molecule has 2 aliphatic heterocycles. The van der Waals surface area contributed by atoms with Crippen molar-refractivity contribution in [3.8, 4) is 0 Å². The standard InChI is InChI=1S/C73H137NO13/c1-3-5-7-9-11-13-15-17-19-21-22-23-24-25-26-27-28-29-30-31-32-33-34-35-36-37-38-39-40-41-43-45-47-49-51-53-55-57-65(78)74-61(62(77)56-54-52-50-48-46-44-42-20-18-16-14-12-10-8-6-4-2)60-84-72-70(83)68(81)71(64(59-76)86-72)87-73-69(82)67(80)66(79)63(58-75)85-73/h21-22,46,48,54,56,61-64,66-73,75-77,79-83H,3-20,23-45,47,49-53,55,57-60H2,1-2H3,(H,74,78)/b22-21-,48-46+,56-54+. The van der Waals surface area contributed by atoms with Crippen LogP contribution in [0.3, 0.4) is 0 Å². The van der Waals surface area contributed by atoms with Gasteiger partial charge in [0.1, 0.15) is 48.8 Å². The van der Waals surface area contributed by atoms with E-state index in [-0.39, 0.29) is 18.9 Å². The molecule has 0 radical (unpaired) electrons. The second-order valence-electron chi connectivity index (χ2n) is 26.1. The van der Waals surface area contributed by atoms with Gasteiger partial charge in [0, 0.05) is 6.42 Å². The van der Waals surface area contributed by atoms with E-state index in [1.165, 1.54) is 263 Å². The fraction of sp³-hybridized carbons (Fsp3) is 0.904. The molecule has 12 atom stereocenters. The van der Waals surface area contributed by atoms with E-state index in [4.69, 9.17) is 18.9 Å². The first-order chi connectivity index (χ1) is 42.6. The highest BCUT2D eigenvalue weighted by Crippen LogP contribution is 2.30. The Bertz CT molecular complexity index is 1600. The highest BCUT2D eigenvalue weighted by atomic mass is 16.7. The van der Waals surface area contributed by atoms with Gasteiger partial charge in [-0.3, -0.25) is 4.79 Å². The first-order valence-corrected chi connectivity index (χ1v) is 36.7. The largest absolute Gasteiger partial charge is 0.394 e. The molecule has 87 heavy (non-hydrogen) atoms. The molecular formula is C73H137NO13. The molecule has 14 heteroatoms. The van der Waals surface area contributed by atoms with E-state index >= 15 is 0 Å². The number of aliphatic hydroxyl groups excluding tert-OH is 8. The van der Waals surface area contributed by atoms with Crippen LogP contribution in [0.25, 0.3) is 0 Å². The van der Waals surface area contributed by atoms with Gasteiger partial charge in [0.2, 0.25) is 5.91 Å². The van der Waals surface area contributed by atoms with Gasteiger partial charge in [0.15, 0.2) is 12.6 Å². The van der Waals surface area contributed by atoms with Crippen LogP contribution in [0.2, 0.25) is 0 Å². The average molecular weight is 1240 g/mol. The van der Waals surface area contributed by atoms with Crippen molar-refractivity contribution in [1.29, 1.82) is 0 Å². The molecule has 0 aromatic carbocycles. The first-order valence-electron chi connectivity index (χ1n) is 36.7. The average Bonchev–Trinajstić information content (AvgIpc) is 2.36. The zero-order chi connectivity index (χ0) is 63.1. The van der Waals surface area contributed by atoms with Crippen LogP contribution in [0.5, 0.6) is 0 Å². The van der Waals surface area contributed by atoms with Gasteiger partial charge in [-0.05, 0) is 57.8 Å². The van der Waals surface area contributed by atoms with Crippen LogP contribution in [-0.2, 0) is 23.7 Å². The molecule has 2 aliphatic rings. The number of aliphatic hydroxyl groups is 8. The lowest BCUT2D eigenvalue weighted by molar-refractivity contribution is -0.359. The summed E-state index contributed by atoms with van der Waals surface area (Å²) < 4.78 is 22.8. The van der Waals surface area contributed by atoms with E-state index in [9.17, 15) is 45.6 Å². The molecule has 1 amide bonds. The lowest BCUT2D eigenvalue weighted by Gasteiger charge is -2.46. The minimum absolute atomic E-state index is 0.243. The van der Waals surface area contributed by atoms with Crippen LogP contribution in [0.1, 0.15) is 328 Å². The van der Waals surface area contributed by atoms with E-state index in [2.05, 4.69) is 43.5 Å². The van der Waals surface area contributed by atoms with Crippen molar-refractivity contribution in [2.75, 3.05) is 19.8 Å². The summed E-state index contributed by atoms with van der Waals surface area (Å²) in [6, 6.07) is -0.930. The molecule has 0 aliphatic carbocycles. The van der Waals surface area contributed by atoms with Gasteiger partial charge < -0.3 is 65.1 Å². The van der Waals surface area contributed by atoms with E-state index in [1.807, 2.05) is 6.08 Å². The maximum absolute atomic E-state index is 13.3. The number of hydrogen-bond acceptors (Lipinski definition) is 13. The van der Waals surface area contributed by atoms with Crippen molar-refractivity contribution < 1.29 is 64.6 Å². The quantitative estimate of drug-likeness (QED) is 0.0204. The number of rotatable bonds is 61. The van der Waals surface area contributed by atoms with E-state index in [1.54, 1.807) is 6.08 Å². The number of carbonyl (C=O) groups is 1. The molecule has 0 aromatic rings. The summed E-state index contributed by atoms with van der Waals surface area (Å²) in [6.45, 7) is 2.81. The first kappa shape index (κ1) is 81.3. The molecule has 12 unspecified atom stereocenters. The number of carbonyl (C=O) groups excluding carboxylic acids is 1. The predicted octanol–water partition coefficient (Wildman–Crippen LogP) is 15.3. The Morgan fingerprint density at radius 3 is 1.13 bits per heavy atom. The highest BCUT2D eigenvalue weighted by molar-refractivity contribution is 5.76. The second-order valence-corrected chi connectivity index (χ2v) is 26.1.